The highest BCUT2D eigenvalue weighted by molar-refractivity contribution is 7.10. The van der Waals surface area contributed by atoms with Crippen molar-refractivity contribution in [3.8, 4) is 0 Å². The molecule has 0 aliphatic carbocycles. The molecule has 0 saturated heterocycles. The molecule has 130 valence electrons. The third kappa shape index (κ3) is 3.98. The van der Waals surface area contributed by atoms with Gasteiger partial charge < -0.3 is 4.74 Å². The first-order valence-electron chi connectivity index (χ1n) is 8.54. The van der Waals surface area contributed by atoms with Crippen LogP contribution in [0.15, 0.2) is 48.2 Å². The predicted molar refractivity (Wildman–Crippen MR) is 98.2 cm³/mol. The van der Waals surface area contributed by atoms with E-state index in [1.54, 1.807) is 0 Å². The Balaban J connectivity index is 1.48. The van der Waals surface area contributed by atoms with Crippen LogP contribution in [0.2, 0.25) is 0 Å². The Hall–Kier alpha value is -2.02. The second-order valence-electron chi connectivity index (χ2n) is 6.49. The van der Waals surface area contributed by atoms with E-state index in [1.807, 2.05) is 42.1 Å². The Morgan fingerprint density at radius 1 is 1.16 bits per heavy atom. The first-order valence-corrected chi connectivity index (χ1v) is 9.42. The average molecular weight is 354 g/mol. The third-order valence-corrected chi connectivity index (χ3v) is 5.61. The van der Waals surface area contributed by atoms with Crippen LogP contribution in [0.4, 0.5) is 0 Å². The first kappa shape index (κ1) is 16.4. The number of nitrogens with zero attached hydrogens (tertiary/aromatic N) is 4. The van der Waals surface area contributed by atoms with Gasteiger partial charge >= 0.3 is 0 Å². The maximum absolute atomic E-state index is 6.23. The van der Waals surface area contributed by atoms with Gasteiger partial charge in [0.2, 0.25) is 0 Å². The summed E-state index contributed by atoms with van der Waals surface area (Å²) in [5.74, 6) is 0. The van der Waals surface area contributed by atoms with Crippen LogP contribution >= 0.6 is 11.3 Å². The zero-order valence-corrected chi connectivity index (χ0v) is 15.2. The van der Waals surface area contributed by atoms with Gasteiger partial charge in [-0.25, -0.2) is 0 Å². The van der Waals surface area contributed by atoms with Crippen molar-refractivity contribution in [3.63, 3.8) is 0 Å². The number of thiophene rings is 1. The van der Waals surface area contributed by atoms with Crippen LogP contribution in [0, 0.1) is 6.92 Å². The summed E-state index contributed by atoms with van der Waals surface area (Å²) in [6.45, 7) is 6.37. The summed E-state index contributed by atoms with van der Waals surface area (Å²) in [7, 11) is 0. The molecule has 3 aromatic heterocycles. The van der Waals surface area contributed by atoms with Gasteiger partial charge in [0.05, 0.1) is 24.9 Å². The van der Waals surface area contributed by atoms with Crippen molar-refractivity contribution in [2.45, 2.75) is 39.3 Å². The molecule has 0 spiro atoms. The van der Waals surface area contributed by atoms with Gasteiger partial charge in [0.1, 0.15) is 0 Å². The van der Waals surface area contributed by atoms with Gasteiger partial charge in [-0.15, -0.1) is 11.3 Å². The summed E-state index contributed by atoms with van der Waals surface area (Å²) < 4.78 is 8.31. The number of aromatic nitrogens is 3. The molecule has 0 radical (unpaired) electrons. The Labute approximate surface area is 151 Å². The zero-order chi connectivity index (χ0) is 17.1. The molecule has 1 aliphatic heterocycles. The fourth-order valence-corrected chi connectivity index (χ4v) is 4.13. The highest BCUT2D eigenvalue weighted by Crippen LogP contribution is 2.22. The topological polar surface area (TPSA) is 43.2 Å². The van der Waals surface area contributed by atoms with E-state index in [9.17, 15) is 0 Å². The molecule has 4 heterocycles. The van der Waals surface area contributed by atoms with Crippen molar-refractivity contribution in [3.05, 3.63) is 69.9 Å². The quantitative estimate of drug-likeness (QED) is 0.705. The first-order chi connectivity index (χ1) is 12.3. The Morgan fingerprint density at radius 2 is 2.04 bits per heavy atom. The van der Waals surface area contributed by atoms with Crippen LogP contribution < -0.4 is 0 Å². The second-order valence-corrected chi connectivity index (χ2v) is 7.49. The van der Waals surface area contributed by atoms with Gasteiger partial charge in [-0.05, 0) is 47.7 Å². The molecule has 1 atom stereocenters. The van der Waals surface area contributed by atoms with Gasteiger partial charge in [0, 0.05) is 43.1 Å². The van der Waals surface area contributed by atoms with E-state index in [4.69, 9.17) is 4.74 Å². The molecule has 6 heteroatoms. The van der Waals surface area contributed by atoms with Crippen LogP contribution in [0.5, 0.6) is 0 Å². The number of rotatable bonds is 5. The minimum Gasteiger partial charge on any atom is -0.370 e. The molecule has 0 amide bonds. The second kappa shape index (κ2) is 7.47. The van der Waals surface area contributed by atoms with Crippen LogP contribution in [-0.4, -0.2) is 32.3 Å². The Bertz CT molecular complexity index is 814. The molecule has 3 aromatic rings. The van der Waals surface area contributed by atoms with Crippen LogP contribution in [0.25, 0.3) is 0 Å². The highest BCUT2D eigenvalue weighted by Gasteiger charge is 2.23. The molecular formula is C19H22N4OS. The number of aryl methyl sites for hydroxylation is 1. The van der Waals surface area contributed by atoms with Crippen molar-refractivity contribution in [2.24, 2.45) is 0 Å². The van der Waals surface area contributed by atoms with Crippen molar-refractivity contribution in [1.29, 1.82) is 0 Å². The Kier molecular flexibility index (Phi) is 4.92. The lowest BCUT2D eigenvalue weighted by atomic mass is 10.2. The minimum absolute atomic E-state index is 0.120. The smallest absolute Gasteiger partial charge is 0.0902 e. The SMILES string of the molecule is Cc1ccsc1CN1Cc2ccnn2C[C@@H](OCc2ccncc2)C1. The van der Waals surface area contributed by atoms with Crippen LogP contribution in [0.1, 0.15) is 21.7 Å². The summed E-state index contributed by atoms with van der Waals surface area (Å²) >= 11 is 1.83. The monoisotopic (exact) mass is 354 g/mol. The van der Waals surface area contributed by atoms with Crippen molar-refractivity contribution in [2.75, 3.05) is 6.54 Å². The summed E-state index contributed by atoms with van der Waals surface area (Å²) in [5, 5.41) is 6.64. The summed E-state index contributed by atoms with van der Waals surface area (Å²) in [6.07, 6.45) is 5.62. The molecule has 0 N–H and O–H groups in total. The Morgan fingerprint density at radius 3 is 2.84 bits per heavy atom. The summed E-state index contributed by atoms with van der Waals surface area (Å²) in [6, 6.07) is 8.31. The molecule has 4 rings (SSSR count). The average Bonchev–Trinajstić information content (AvgIpc) is 3.19. The van der Waals surface area contributed by atoms with Crippen molar-refractivity contribution < 1.29 is 4.74 Å². The summed E-state index contributed by atoms with van der Waals surface area (Å²) in [5.41, 5.74) is 3.78. The fraction of sp³-hybridized carbons (Fsp3) is 0.368. The van der Waals surface area contributed by atoms with Crippen LogP contribution in [-0.2, 0) is 31.0 Å². The van der Waals surface area contributed by atoms with Gasteiger partial charge in [-0.1, -0.05) is 0 Å². The van der Waals surface area contributed by atoms with Gasteiger partial charge in [0.25, 0.3) is 0 Å². The maximum Gasteiger partial charge on any atom is 0.0902 e. The van der Waals surface area contributed by atoms with E-state index in [1.165, 1.54) is 16.1 Å². The fourth-order valence-electron chi connectivity index (χ4n) is 3.18. The van der Waals surface area contributed by atoms with Gasteiger partial charge in [-0.3, -0.25) is 14.6 Å². The molecule has 0 fully saturated rings. The van der Waals surface area contributed by atoms with E-state index in [0.29, 0.717) is 6.61 Å². The van der Waals surface area contributed by atoms with E-state index in [-0.39, 0.29) is 6.10 Å². The van der Waals surface area contributed by atoms with E-state index in [2.05, 4.69) is 44.1 Å². The number of pyridine rings is 1. The van der Waals surface area contributed by atoms with Gasteiger partial charge in [0.15, 0.2) is 0 Å². The molecular weight excluding hydrogens is 332 g/mol. The lowest BCUT2D eigenvalue weighted by Gasteiger charge is -2.24. The molecule has 0 unspecified atom stereocenters. The molecule has 0 aromatic carbocycles. The van der Waals surface area contributed by atoms with E-state index in [0.717, 1.165) is 31.7 Å². The van der Waals surface area contributed by atoms with Crippen LogP contribution in [0.3, 0.4) is 0 Å². The van der Waals surface area contributed by atoms with E-state index < -0.39 is 0 Å². The largest absolute Gasteiger partial charge is 0.370 e. The zero-order valence-electron chi connectivity index (χ0n) is 14.3. The number of hydrogen-bond acceptors (Lipinski definition) is 5. The standard InChI is InChI=1S/C19H22N4OS/c1-15-5-9-25-19(15)13-22-10-17-4-8-21-23(17)12-18(11-22)24-14-16-2-6-20-7-3-16/h2-9,18H,10-14H2,1H3/t18-/m0/s1. The molecule has 0 saturated carbocycles. The van der Waals surface area contributed by atoms with Crippen molar-refractivity contribution >= 4 is 11.3 Å². The number of hydrogen-bond donors (Lipinski definition) is 0. The molecule has 0 bridgehead atoms. The molecule has 5 nitrogen and oxygen atoms in total. The lowest BCUT2D eigenvalue weighted by Crippen LogP contribution is -2.32. The van der Waals surface area contributed by atoms with Crippen molar-refractivity contribution in [1.82, 2.24) is 19.7 Å². The number of ether oxygens (including phenoxy) is 1. The maximum atomic E-state index is 6.23. The van der Waals surface area contributed by atoms with E-state index >= 15 is 0 Å². The van der Waals surface area contributed by atoms with Gasteiger partial charge in [-0.2, -0.15) is 5.10 Å². The highest BCUT2D eigenvalue weighted by atomic mass is 32.1. The third-order valence-electron chi connectivity index (χ3n) is 4.60. The summed E-state index contributed by atoms with van der Waals surface area (Å²) in [4.78, 5) is 7.96. The number of fused-ring (bicyclic) bond motifs is 1. The minimum atomic E-state index is 0.120. The lowest BCUT2D eigenvalue weighted by molar-refractivity contribution is 0.00731. The molecule has 25 heavy (non-hydrogen) atoms. The normalized spacial score (nSPS) is 18.0. The predicted octanol–water partition coefficient (Wildman–Crippen LogP) is 3.25. The molecule has 1 aliphatic rings.